The molecule has 2 amide bonds. The second-order valence-corrected chi connectivity index (χ2v) is 5.55. The monoisotopic (exact) mass is 232 g/mol. The molecule has 0 aliphatic carbocycles. The molecular weight excluding hydrogens is 220 g/mol. The number of carbonyl (C=O) groups excluding carboxylic acids is 1. The Morgan fingerprint density at radius 3 is 2.79 bits per heavy atom. The summed E-state index contributed by atoms with van der Waals surface area (Å²) in [5, 5.41) is 13.8. The highest BCUT2D eigenvalue weighted by Crippen LogP contribution is 2.28. The third kappa shape index (κ3) is 3.51. The van der Waals surface area contributed by atoms with E-state index in [0.29, 0.717) is 10.4 Å². The van der Waals surface area contributed by atoms with Crippen molar-refractivity contribution in [3.05, 3.63) is 0 Å². The average Bonchev–Trinajstić information content (AvgIpc) is 2.51. The van der Waals surface area contributed by atoms with E-state index in [9.17, 15) is 4.79 Å². The maximum Gasteiger partial charge on any atom is 0.320 e. The number of thioether (sulfide) groups is 1. The molecule has 0 aliphatic rings. The van der Waals surface area contributed by atoms with Gasteiger partial charge in [0.1, 0.15) is 0 Å². The lowest BCUT2D eigenvalue weighted by Crippen LogP contribution is -2.24. The highest BCUT2D eigenvalue weighted by atomic mass is 32.2. The van der Waals surface area contributed by atoms with E-state index in [2.05, 4.69) is 34.7 Å². The molecule has 0 saturated heterocycles. The molecule has 0 saturated carbocycles. The topological polar surface area (TPSA) is 66.9 Å². The van der Waals surface area contributed by atoms with Crippen LogP contribution in [-0.4, -0.2) is 28.5 Å². The van der Waals surface area contributed by atoms with Crippen LogP contribution in [0.4, 0.5) is 9.93 Å². The number of amides is 2. The van der Waals surface area contributed by atoms with Gasteiger partial charge in [-0.05, 0) is 0 Å². The molecule has 1 aromatic heterocycles. The van der Waals surface area contributed by atoms with Crippen LogP contribution < -0.4 is 10.6 Å². The van der Waals surface area contributed by atoms with Crippen molar-refractivity contribution >= 4 is 34.3 Å². The minimum absolute atomic E-state index is 0.276. The first-order chi connectivity index (χ1) is 6.61. The first-order valence-corrected chi connectivity index (χ1v) is 5.80. The molecule has 0 aromatic carbocycles. The van der Waals surface area contributed by atoms with E-state index in [1.807, 2.05) is 0 Å². The fourth-order valence-electron chi connectivity index (χ4n) is 0.669. The Kier molecular flexibility index (Phi) is 4.15. The van der Waals surface area contributed by atoms with Crippen molar-refractivity contribution in [2.45, 2.75) is 23.4 Å². The van der Waals surface area contributed by atoms with Gasteiger partial charge in [0.25, 0.3) is 0 Å². The van der Waals surface area contributed by atoms with Crippen LogP contribution in [0.1, 0.15) is 13.8 Å². The molecule has 0 radical (unpaired) electrons. The summed E-state index contributed by atoms with van der Waals surface area (Å²) in [6.45, 7) is 4.16. The summed E-state index contributed by atoms with van der Waals surface area (Å²) in [4.78, 5) is 10.9. The van der Waals surface area contributed by atoms with Gasteiger partial charge in [-0.1, -0.05) is 36.9 Å². The Labute approximate surface area is 90.7 Å². The zero-order chi connectivity index (χ0) is 10.6. The number of nitrogens with one attached hydrogen (secondary N) is 2. The van der Waals surface area contributed by atoms with Crippen molar-refractivity contribution in [1.82, 2.24) is 15.5 Å². The van der Waals surface area contributed by atoms with Gasteiger partial charge >= 0.3 is 6.03 Å². The van der Waals surface area contributed by atoms with Crippen molar-refractivity contribution in [2.24, 2.45) is 0 Å². The predicted molar refractivity (Wildman–Crippen MR) is 59.0 cm³/mol. The van der Waals surface area contributed by atoms with E-state index in [-0.39, 0.29) is 6.03 Å². The molecule has 7 heteroatoms. The molecule has 2 N–H and O–H groups in total. The molecule has 1 heterocycles. The first kappa shape index (κ1) is 11.3. The molecule has 0 unspecified atom stereocenters. The van der Waals surface area contributed by atoms with Gasteiger partial charge < -0.3 is 5.32 Å². The Morgan fingerprint density at radius 2 is 2.21 bits per heavy atom. The summed E-state index contributed by atoms with van der Waals surface area (Å²) in [5.41, 5.74) is 0. The molecule has 0 fully saturated rings. The standard InChI is InChI=1S/C7H12N4OS2/c1-4(2)13-7-11-10-6(14-7)9-5(12)8-3/h4H,1-3H3,(H2,8,9,10,12). The second kappa shape index (κ2) is 5.16. The van der Waals surface area contributed by atoms with Crippen LogP contribution in [-0.2, 0) is 0 Å². The zero-order valence-corrected chi connectivity index (χ0v) is 9.83. The van der Waals surface area contributed by atoms with Crippen molar-refractivity contribution in [3.63, 3.8) is 0 Å². The number of rotatable bonds is 3. The SMILES string of the molecule is CNC(=O)Nc1nnc(SC(C)C)s1. The van der Waals surface area contributed by atoms with Gasteiger partial charge in [0.05, 0.1) is 0 Å². The summed E-state index contributed by atoms with van der Waals surface area (Å²) in [6, 6.07) is -0.276. The molecule has 0 atom stereocenters. The Hall–Kier alpha value is -0.820. The van der Waals surface area contributed by atoms with Gasteiger partial charge in [-0.25, -0.2) is 4.79 Å². The molecule has 1 rings (SSSR count). The van der Waals surface area contributed by atoms with Gasteiger partial charge in [0.15, 0.2) is 4.34 Å². The molecule has 1 aromatic rings. The molecule has 0 bridgehead atoms. The Balaban J connectivity index is 2.55. The van der Waals surface area contributed by atoms with Crippen LogP contribution in [0.3, 0.4) is 0 Å². The van der Waals surface area contributed by atoms with Gasteiger partial charge in [-0.3, -0.25) is 5.32 Å². The summed E-state index contributed by atoms with van der Waals surface area (Å²) in [7, 11) is 1.56. The van der Waals surface area contributed by atoms with Crippen molar-refractivity contribution < 1.29 is 4.79 Å². The second-order valence-electron chi connectivity index (χ2n) is 2.74. The number of carbonyl (C=O) groups is 1. The summed E-state index contributed by atoms with van der Waals surface area (Å²) < 4.78 is 0.867. The van der Waals surface area contributed by atoms with Crippen molar-refractivity contribution in [1.29, 1.82) is 0 Å². The van der Waals surface area contributed by atoms with Crippen LogP contribution in [0.25, 0.3) is 0 Å². The van der Waals surface area contributed by atoms with Gasteiger partial charge in [0, 0.05) is 12.3 Å². The molecule has 0 spiro atoms. The number of aromatic nitrogens is 2. The lowest BCUT2D eigenvalue weighted by molar-refractivity contribution is 0.254. The van der Waals surface area contributed by atoms with Crippen LogP contribution >= 0.6 is 23.1 Å². The number of hydrogen-bond acceptors (Lipinski definition) is 5. The first-order valence-electron chi connectivity index (χ1n) is 4.10. The van der Waals surface area contributed by atoms with Gasteiger partial charge in [0.2, 0.25) is 5.13 Å². The average molecular weight is 232 g/mol. The minimum Gasteiger partial charge on any atom is -0.341 e. The number of nitrogens with zero attached hydrogens (tertiary/aromatic N) is 2. The van der Waals surface area contributed by atoms with Crippen molar-refractivity contribution in [3.8, 4) is 0 Å². The van der Waals surface area contributed by atoms with E-state index in [1.54, 1.807) is 18.8 Å². The Bertz CT molecular complexity index is 312. The quantitative estimate of drug-likeness (QED) is 0.616. The minimum atomic E-state index is -0.276. The molecular formula is C7H12N4OS2. The normalized spacial score (nSPS) is 10.3. The number of anilines is 1. The lowest BCUT2D eigenvalue weighted by atomic mass is 10.6. The fraction of sp³-hybridized carbons (Fsp3) is 0.571. The van der Waals surface area contributed by atoms with Crippen molar-refractivity contribution in [2.75, 3.05) is 12.4 Å². The van der Waals surface area contributed by atoms with Crippen LogP contribution in [0.15, 0.2) is 4.34 Å². The zero-order valence-electron chi connectivity index (χ0n) is 8.20. The fourth-order valence-corrected chi connectivity index (χ4v) is 2.64. The van der Waals surface area contributed by atoms with Crippen LogP contribution in [0, 0.1) is 0 Å². The molecule has 78 valence electrons. The van der Waals surface area contributed by atoms with Crippen LogP contribution in [0.5, 0.6) is 0 Å². The smallest absolute Gasteiger partial charge is 0.320 e. The van der Waals surface area contributed by atoms with E-state index < -0.39 is 0 Å². The maximum absolute atomic E-state index is 10.9. The summed E-state index contributed by atoms with van der Waals surface area (Å²) in [5.74, 6) is 0. The Morgan fingerprint density at radius 1 is 1.50 bits per heavy atom. The van der Waals surface area contributed by atoms with E-state index in [4.69, 9.17) is 0 Å². The van der Waals surface area contributed by atoms with E-state index >= 15 is 0 Å². The lowest BCUT2D eigenvalue weighted by Gasteiger charge is -1.98. The maximum atomic E-state index is 10.9. The highest BCUT2D eigenvalue weighted by molar-refractivity contribution is 8.01. The summed E-state index contributed by atoms with van der Waals surface area (Å²) >= 11 is 3.00. The summed E-state index contributed by atoms with van der Waals surface area (Å²) in [6.07, 6.45) is 0. The molecule has 5 nitrogen and oxygen atoms in total. The number of urea groups is 1. The van der Waals surface area contributed by atoms with Gasteiger partial charge in [-0.15, -0.1) is 10.2 Å². The largest absolute Gasteiger partial charge is 0.341 e. The third-order valence-corrected chi connectivity index (χ3v) is 3.12. The van der Waals surface area contributed by atoms with Crippen LogP contribution in [0.2, 0.25) is 0 Å². The molecule has 14 heavy (non-hydrogen) atoms. The van der Waals surface area contributed by atoms with E-state index in [0.717, 1.165) is 4.34 Å². The van der Waals surface area contributed by atoms with Gasteiger partial charge in [-0.2, -0.15) is 0 Å². The third-order valence-electron chi connectivity index (χ3n) is 1.19. The van der Waals surface area contributed by atoms with E-state index in [1.165, 1.54) is 11.3 Å². The predicted octanol–water partition coefficient (Wildman–Crippen LogP) is 1.79. The highest BCUT2D eigenvalue weighted by Gasteiger charge is 2.08. The number of hydrogen-bond donors (Lipinski definition) is 2. The molecule has 0 aliphatic heterocycles.